The molecule has 0 spiro atoms. The minimum Gasteiger partial charge on any atom is -0.375 e. The van der Waals surface area contributed by atoms with Crippen molar-refractivity contribution in [1.82, 2.24) is 10.4 Å². The third kappa shape index (κ3) is 9.49. The first-order chi connectivity index (χ1) is 13.8. The fourth-order valence-corrected chi connectivity index (χ4v) is 2.56. The number of hydroxylamine groups is 2. The zero-order valence-corrected chi connectivity index (χ0v) is 18.7. The first kappa shape index (κ1) is 25.8. The number of imide groups is 1. The molecule has 0 aromatic carbocycles. The predicted molar refractivity (Wildman–Crippen MR) is 109 cm³/mol. The summed E-state index contributed by atoms with van der Waals surface area (Å²) in [5.74, 6) is -1.87. The summed E-state index contributed by atoms with van der Waals surface area (Å²) in [5.41, 5.74) is -0.490. The van der Waals surface area contributed by atoms with Crippen LogP contribution in [0.4, 0.5) is 0 Å². The second-order valence-corrected chi connectivity index (χ2v) is 8.55. The largest absolute Gasteiger partial charge is 0.375 e. The molecule has 1 aliphatic rings. The van der Waals surface area contributed by atoms with Crippen LogP contribution in [0.1, 0.15) is 66.7 Å². The van der Waals surface area contributed by atoms with E-state index in [1.165, 1.54) is 0 Å². The molecule has 0 saturated carbocycles. The molecule has 9 nitrogen and oxygen atoms in total. The molecule has 9 heteroatoms. The summed E-state index contributed by atoms with van der Waals surface area (Å²) in [6, 6.07) is 0. The van der Waals surface area contributed by atoms with Gasteiger partial charge < -0.3 is 19.6 Å². The van der Waals surface area contributed by atoms with E-state index in [-0.39, 0.29) is 31.8 Å². The highest BCUT2D eigenvalue weighted by atomic mass is 16.7. The van der Waals surface area contributed by atoms with Crippen LogP contribution in [-0.2, 0) is 33.5 Å². The van der Waals surface area contributed by atoms with Crippen molar-refractivity contribution in [3.63, 3.8) is 0 Å². The lowest BCUT2D eigenvalue weighted by Gasteiger charge is -2.30. The summed E-state index contributed by atoms with van der Waals surface area (Å²) in [6.07, 6.45) is 1.29. The fraction of sp³-hybridized carbons (Fsp3) is 0.714. The van der Waals surface area contributed by atoms with Crippen LogP contribution >= 0.6 is 0 Å². The van der Waals surface area contributed by atoms with E-state index in [2.05, 4.69) is 11.9 Å². The molecule has 0 atom stereocenters. The third-order valence-corrected chi connectivity index (χ3v) is 4.60. The molecule has 0 bridgehead atoms. The van der Waals surface area contributed by atoms with Gasteiger partial charge in [0.1, 0.15) is 0 Å². The van der Waals surface area contributed by atoms with Crippen molar-refractivity contribution in [2.24, 2.45) is 0 Å². The van der Waals surface area contributed by atoms with Gasteiger partial charge in [-0.2, -0.15) is 0 Å². The van der Waals surface area contributed by atoms with Gasteiger partial charge in [-0.1, -0.05) is 6.58 Å². The van der Waals surface area contributed by atoms with Crippen LogP contribution in [0.3, 0.4) is 0 Å². The van der Waals surface area contributed by atoms with Crippen LogP contribution in [0.25, 0.3) is 0 Å². The van der Waals surface area contributed by atoms with Gasteiger partial charge in [0.05, 0.1) is 30.8 Å². The molecule has 1 aliphatic heterocycles. The normalized spacial score (nSPS) is 14.8. The molecule has 170 valence electrons. The molecule has 0 aromatic heterocycles. The van der Waals surface area contributed by atoms with Crippen molar-refractivity contribution < 1.29 is 33.5 Å². The van der Waals surface area contributed by atoms with Gasteiger partial charge in [-0.25, -0.2) is 4.79 Å². The Labute approximate surface area is 178 Å². The van der Waals surface area contributed by atoms with Crippen molar-refractivity contribution in [2.45, 2.75) is 77.9 Å². The molecule has 0 unspecified atom stereocenters. The van der Waals surface area contributed by atoms with Gasteiger partial charge in [-0.05, 0) is 47.5 Å². The molecule has 1 N–H and O–H groups in total. The average Bonchev–Trinajstić information content (AvgIpc) is 2.92. The molecule has 1 rings (SSSR count). The lowest BCUT2D eigenvalue weighted by atomic mass is 10.0. The molecule has 1 fully saturated rings. The van der Waals surface area contributed by atoms with E-state index in [0.29, 0.717) is 36.6 Å². The number of carbonyl (C=O) groups is 4. The molecule has 3 amide bonds. The van der Waals surface area contributed by atoms with Crippen LogP contribution in [0.2, 0.25) is 0 Å². The highest BCUT2D eigenvalue weighted by Crippen LogP contribution is 2.20. The van der Waals surface area contributed by atoms with Crippen molar-refractivity contribution >= 4 is 23.7 Å². The lowest BCUT2D eigenvalue weighted by molar-refractivity contribution is -0.198. The minimum absolute atomic E-state index is 0.0618. The summed E-state index contributed by atoms with van der Waals surface area (Å²) in [6.45, 7) is 13.9. The van der Waals surface area contributed by atoms with Gasteiger partial charge in [0.2, 0.25) is 5.91 Å². The maximum atomic E-state index is 11.8. The van der Waals surface area contributed by atoms with E-state index in [4.69, 9.17) is 14.3 Å². The maximum Gasteiger partial charge on any atom is 0.335 e. The predicted octanol–water partition coefficient (Wildman–Crippen LogP) is 2.05. The van der Waals surface area contributed by atoms with E-state index in [1.54, 1.807) is 6.92 Å². The van der Waals surface area contributed by atoms with E-state index >= 15 is 0 Å². The zero-order chi connectivity index (χ0) is 22.9. The van der Waals surface area contributed by atoms with Gasteiger partial charge in [-0.3, -0.25) is 14.4 Å². The second-order valence-electron chi connectivity index (χ2n) is 8.55. The number of nitrogens with zero attached hydrogens (tertiary/aromatic N) is 1. The topological polar surface area (TPSA) is 111 Å². The van der Waals surface area contributed by atoms with Crippen molar-refractivity contribution in [3.05, 3.63) is 12.2 Å². The molecular weight excluding hydrogens is 392 g/mol. The third-order valence-electron chi connectivity index (χ3n) is 4.60. The van der Waals surface area contributed by atoms with Crippen LogP contribution in [0.5, 0.6) is 0 Å². The fourth-order valence-electron chi connectivity index (χ4n) is 2.56. The van der Waals surface area contributed by atoms with Crippen LogP contribution in [-0.4, -0.2) is 59.7 Å². The van der Waals surface area contributed by atoms with Crippen molar-refractivity contribution in [1.29, 1.82) is 0 Å². The van der Waals surface area contributed by atoms with Gasteiger partial charge in [0.15, 0.2) is 0 Å². The SMILES string of the molecule is C=C(C)C(=O)NCCC(C)(C)OCCC(C)(C)OCCC(=O)ON1C(=O)CCC1=O. The van der Waals surface area contributed by atoms with E-state index in [1.807, 2.05) is 27.7 Å². The number of nitrogens with one attached hydrogen (secondary N) is 1. The highest BCUT2D eigenvalue weighted by Gasteiger charge is 2.33. The monoisotopic (exact) mass is 426 g/mol. The smallest absolute Gasteiger partial charge is 0.335 e. The summed E-state index contributed by atoms with van der Waals surface area (Å²) in [7, 11) is 0. The molecule has 30 heavy (non-hydrogen) atoms. The van der Waals surface area contributed by atoms with Gasteiger partial charge >= 0.3 is 5.97 Å². The van der Waals surface area contributed by atoms with E-state index < -0.39 is 29.0 Å². The summed E-state index contributed by atoms with van der Waals surface area (Å²) >= 11 is 0. The Morgan fingerprint density at radius 3 is 2.10 bits per heavy atom. The maximum absolute atomic E-state index is 11.8. The summed E-state index contributed by atoms with van der Waals surface area (Å²) < 4.78 is 11.7. The standard InChI is InChI=1S/C21H34N2O7/c1-15(2)19(27)22-12-10-20(3,4)29-14-11-21(5,6)28-13-9-18(26)30-23-16(24)7-8-17(23)25/h1,7-14H2,2-6H3,(H,22,27). The van der Waals surface area contributed by atoms with Crippen molar-refractivity contribution in [2.75, 3.05) is 19.8 Å². The average molecular weight is 427 g/mol. The van der Waals surface area contributed by atoms with Crippen molar-refractivity contribution in [3.8, 4) is 0 Å². The van der Waals surface area contributed by atoms with Crippen LogP contribution in [0.15, 0.2) is 12.2 Å². The zero-order valence-electron chi connectivity index (χ0n) is 18.7. The molecule has 1 heterocycles. The number of amides is 3. The molecule has 1 saturated heterocycles. The second kappa shape index (κ2) is 11.2. The van der Waals surface area contributed by atoms with Crippen LogP contribution in [0, 0.1) is 0 Å². The Bertz CT molecular complexity index is 654. The number of carbonyl (C=O) groups excluding carboxylic acids is 4. The van der Waals surface area contributed by atoms with E-state index in [0.717, 1.165) is 0 Å². The van der Waals surface area contributed by atoms with Gasteiger partial charge in [0, 0.05) is 25.0 Å². The number of hydrogen-bond donors (Lipinski definition) is 1. The summed E-state index contributed by atoms with van der Waals surface area (Å²) in [4.78, 5) is 51.0. The Balaban J connectivity index is 2.25. The Morgan fingerprint density at radius 2 is 1.53 bits per heavy atom. The minimum atomic E-state index is -0.691. The highest BCUT2D eigenvalue weighted by molar-refractivity contribution is 6.01. The quantitative estimate of drug-likeness (QED) is 0.354. The molecule has 0 radical (unpaired) electrons. The Kier molecular flexibility index (Phi) is 9.64. The lowest BCUT2D eigenvalue weighted by Crippen LogP contribution is -2.35. The molecular formula is C21H34N2O7. The molecule has 0 aromatic rings. The van der Waals surface area contributed by atoms with E-state index in [9.17, 15) is 19.2 Å². The Morgan fingerprint density at radius 1 is 1.00 bits per heavy atom. The Hall–Kier alpha value is -2.26. The van der Waals surface area contributed by atoms with Gasteiger partial charge in [-0.15, -0.1) is 5.06 Å². The molecule has 0 aliphatic carbocycles. The van der Waals surface area contributed by atoms with Crippen LogP contribution < -0.4 is 5.32 Å². The van der Waals surface area contributed by atoms with Gasteiger partial charge in [0.25, 0.3) is 11.8 Å². The first-order valence-electron chi connectivity index (χ1n) is 10.1. The summed E-state index contributed by atoms with van der Waals surface area (Å²) in [5, 5.41) is 3.31. The first-order valence-corrected chi connectivity index (χ1v) is 10.1. The number of hydrogen-bond acceptors (Lipinski definition) is 7. The number of rotatable bonds is 13. The number of ether oxygens (including phenoxy) is 2.